The van der Waals surface area contributed by atoms with Crippen molar-refractivity contribution in [1.82, 2.24) is 4.98 Å². The van der Waals surface area contributed by atoms with Crippen molar-refractivity contribution < 1.29 is 9.13 Å². The Balaban J connectivity index is 2.22. The first-order valence-electron chi connectivity index (χ1n) is 4.30. The Morgan fingerprint density at radius 3 is 2.67 bits per heavy atom. The molecular formula is C11H7FINO. The molecule has 15 heavy (non-hydrogen) atoms. The molecule has 0 unspecified atom stereocenters. The van der Waals surface area contributed by atoms with E-state index >= 15 is 0 Å². The van der Waals surface area contributed by atoms with Crippen LogP contribution in [0, 0.1) is 9.52 Å². The van der Waals surface area contributed by atoms with E-state index in [1.807, 2.05) is 18.2 Å². The number of halogens is 2. The maximum Gasteiger partial charge on any atom is 0.221 e. The third-order valence-electron chi connectivity index (χ3n) is 1.71. The van der Waals surface area contributed by atoms with Crippen LogP contribution in [0.4, 0.5) is 4.39 Å². The molecule has 2 rings (SSSR count). The van der Waals surface area contributed by atoms with Gasteiger partial charge >= 0.3 is 0 Å². The summed E-state index contributed by atoms with van der Waals surface area (Å²) in [6.45, 7) is 0. The monoisotopic (exact) mass is 315 g/mol. The standard InChI is InChI=1S/C11H7FINO/c12-10-5-2-6-11(14-10)15-9-4-1-3-8(13)7-9/h1-7H. The summed E-state index contributed by atoms with van der Waals surface area (Å²) in [5.74, 6) is 0.370. The van der Waals surface area contributed by atoms with E-state index < -0.39 is 5.95 Å². The number of nitrogens with zero attached hydrogens (tertiary/aromatic N) is 1. The molecule has 1 aromatic heterocycles. The van der Waals surface area contributed by atoms with Crippen LogP contribution in [0.25, 0.3) is 0 Å². The van der Waals surface area contributed by atoms with Crippen LogP contribution in [0.1, 0.15) is 0 Å². The number of hydrogen-bond donors (Lipinski definition) is 0. The SMILES string of the molecule is Fc1cccc(Oc2cccc(I)c2)n1. The van der Waals surface area contributed by atoms with E-state index in [0.717, 1.165) is 3.57 Å². The highest BCUT2D eigenvalue weighted by molar-refractivity contribution is 14.1. The Hall–Kier alpha value is -1.17. The Bertz CT molecular complexity index is 432. The first-order chi connectivity index (χ1) is 7.24. The molecule has 0 atom stereocenters. The van der Waals surface area contributed by atoms with Gasteiger partial charge in [-0.1, -0.05) is 12.1 Å². The van der Waals surface area contributed by atoms with Gasteiger partial charge in [-0.3, -0.25) is 0 Å². The zero-order chi connectivity index (χ0) is 10.7. The Morgan fingerprint density at radius 2 is 1.93 bits per heavy atom. The molecule has 0 aliphatic carbocycles. The summed E-state index contributed by atoms with van der Waals surface area (Å²) in [5.41, 5.74) is 0. The fraction of sp³-hybridized carbons (Fsp3) is 0. The van der Waals surface area contributed by atoms with Gasteiger partial charge in [-0.2, -0.15) is 9.37 Å². The lowest BCUT2D eigenvalue weighted by Gasteiger charge is -2.04. The second-order valence-corrected chi connectivity index (χ2v) is 4.10. The Morgan fingerprint density at radius 1 is 1.13 bits per heavy atom. The van der Waals surface area contributed by atoms with Gasteiger partial charge in [0.05, 0.1) is 0 Å². The maximum atomic E-state index is 12.8. The molecule has 1 aromatic carbocycles. The molecule has 1 heterocycles. The van der Waals surface area contributed by atoms with Crippen LogP contribution in [0.15, 0.2) is 42.5 Å². The normalized spacial score (nSPS) is 10.0. The lowest BCUT2D eigenvalue weighted by molar-refractivity contribution is 0.445. The van der Waals surface area contributed by atoms with Crippen molar-refractivity contribution in [3.05, 3.63) is 52.0 Å². The Labute approximate surface area is 100 Å². The van der Waals surface area contributed by atoms with Gasteiger partial charge in [0.25, 0.3) is 0 Å². The minimum Gasteiger partial charge on any atom is -0.439 e. The molecule has 0 aliphatic rings. The third kappa shape index (κ3) is 2.89. The number of benzene rings is 1. The van der Waals surface area contributed by atoms with Crippen molar-refractivity contribution in [2.45, 2.75) is 0 Å². The molecule has 0 aliphatic heterocycles. The molecular weight excluding hydrogens is 308 g/mol. The van der Waals surface area contributed by atoms with E-state index in [-0.39, 0.29) is 5.88 Å². The molecule has 0 amide bonds. The molecule has 0 radical (unpaired) electrons. The minimum atomic E-state index is -0.543. The van der Waals surface area contributed by atoms with Gasteiger partial charge in [0.15, 0.2) is 0 Å². The molecule has 2 aromatic rings. The molecule has 2 nitrogen and oxygen atoms in total. The zero-order valence-electron chi connectivity index (χ0n) is 7.65. The van der Waals surface area contributed by atoms with Crippen LogP contribution in [0.3, 0.4) is 0 Å². The van der Waals surface area contributed by atoms with E-state index in [0.29, 0.717) is 5.75 Å². The molecule has 0 saturated heterocycles. The topological polar surface area (TPSA) is 22.1 Å². The third-order valence-corrected chi connectivity index (χ3v) is 2.38. The van der Waals surface area contributed by atoms with Crippen molar-refractivity contribution in [3.8, 4) is 11.6 Å². The summed E-state index contributed by atoms with van der Waals surface area (Å²) in [5, 5.41) is 0. The second-order valence-electron chi connectivity index (χ2n) is 2.86. The van der Waals surface area contributed by atoms with E-state index in [1.165, 1.54) is 6.07 Å². The second kappa shape index (κ2) is 4.57. The van der Waals surface area contributed by atoms with E-state index in [4.69, 9.17) is 4.74 Å². The van der Waals surface area contributed by atoms with Gasteiger partial charge in [0.1, 0.15) is 5.75 Å². The van der Waals surface area contributed by atoms with E-state index in [2.05, 4.69) is 27.6 Å². The molecule has 76 valence electrons. The molecule has 0 saturated carbocycles. The summed E-state index contributed by atoms with van der Waals surface area (Å²) in [6, 6.07) is 11.9. The van der Waals surface area contributed by atoms with Crippen molar-refractivity contribution in [3.63, 3.8) is 0 Å². The summed E-state index contributed by atoms with van der Waals surface area (Å²) in [6.07, 6.45) is 0. The predicted octanol–water partition coefficient (Wildman–Crippen LogP) is 3.62. The number of ether oxygens (including phenoxy) is 1. The summed E-state index contributed by atoms with van der Waals surface area (Å²) >= 11 is 2.18. The first kappa shape index (κ1) is 10.4. The van der Waals surface area contributed by atoms with Gasteiger partial charge in [0, 0.05) is 9.64 Å². The number of pyridine rings is 1. The smallest absolute Gasteiger partial charge is 0.221 e. The molecule has 0 fully saturated rings. The average Bonchev–Trinajstić information content (AvgIpc) is 2.17. The number of rotatable bonds is 2. The van der Waals surface area contributed by atoms with Crippen LogP contribution in [0.5, 0.6) is 11.6 Å². The lowest BCUT2D eigenvalue weighted by atomic mass is 10.3. The van der Waals surface area contributed by atoms with E-state index in [1.54, 1.807) is 18.2 Å². The molecule has 0 N–H and O–H groups in total. The maximum absolute atomic E-state index is 12.8. The van der Waals surface area contributed by atoms with Gasteiger partial charge in [-0.25, -0.2) is 0 Å². The number of hydrogen-bond acceptors (Lipinski definition) is 2. The average molecular weight is 315 g/mol. The van der Waals surface area contributed by atoms with E-state index in [9.17, 15) is 4.39 Å². The van der Waals surface area contributed by atoms with Gasteiger partial charge in [-0.15, -0.1) is 0 Å². The largest absolute Gasteiger partial charge is 0.439 e. The minimum absolute atomic E-state index is 0.261. The highest BCUT2D eigenvalue weighted by Gasteiger charge is 2.00. The van der Waals surface area contributed by atoms with Crippen molar-refractivity contribution in [2.24, 2.45) is 0 Å². The van der Waals surface area contributed by atoms with Crippen molar-refractivity contribution >= 4 is 22.6 Å². The highest BCUT2D eigenvalue weighted by atomic mass is 127. The Kier molecular flexibility index (Phi) is 3.15. The zero-order valence-corrected chi connectivity index (χ0v) is 9.81. The van der Waals surface area contributed by atoms with Crippen LogP contribution < -0.4 is 4.74 Å². The fourth-order valence-corrected chi connectivity index (χ4v) is 1.61. The molecule has 0 spiro atoms. The van der Waals surface area contributed by atoms with Crippen molar-refractivity contribution in [2.75, 3.05) is 0 Å². The van der Waals surface area contributed by atoms with Crippen LogP contribution >= 0.6 is 22.6 Å². The van der Waals surface area contributed by atoms with Gasteiger partial charge in [-0.05, 0) is 46.9 Å². The summed E-state index contributed by atoms with van der Waals surface area (Å²) in [7, 11) is 0. The van der Waals surface area contributed by atoms with Crippen LogP contribution in [0.2, 0.25) is 0 Å². The summed E-state index contributed by atoms with van der Waals surface area (Å²) < 4.78 is 19.2. The quantitative estimate of drug-likeness (QED) is 0.624. The summed E-state index contributed by atoms with van der Waals surface area (Å²) in [4.78, 5) is 3.61. The first-order valence-corrected chi connectivity index (χ1v) is 5.38. The number of aromatic nitrogens is 1. The van der Waals surface area contributed by atoms with Crippen LogP contribution in [-0.2, 0) is 0 Å². The fourth-order valence-electron chi connectivity index (χ4n) is 1.10. The molecule has 0 bridgehead atoms. The predicted molar refractivity (Wildman–Crippen MR) is 63.4 cm³/mol. The molecule has 4 heteroatoms. The van der Waals surface area contributed by atoms with Crippen LogP contribution in [-0.4, -0.2) is 4.98 Å². The van der Waals surface area contributed by atoms with Gasteiger partial charge < -0.3 is 4.74 Å². The highest BCUT2D eigenvalue weighted by Crippen LogP contribution is 2.21. The van der Waals surface area contributed by atoms with Gasteiger partial charge in [0.2, 0.25) is 11.8 Å². The lowest BCUT2D eigenvalue weighted by Crippen LogP contribution is -1.89. The van der Waals surface area contributed by atoms with Crippen molar-refractivity contribution in [1.29, 1.82) is 0 Å².